The number of amides is 1. The summed E-state index contributed by atoms with van der Waals surface area (Å²) in [6, 6.07) is 22.4. The molecule has 0 spiro atoms. The molecule has 11 heteroatoms. The molecule has 38 heavy (non-hydrogen) atoms. The van der Waals surface area contributed by atoms with Crippen LogP contribution in [-0.4, -0.2) is 43.0 Å². The second-order valence-electron chi connectivity index (χ2n) is 8.17. The van der Waals surface area contributed by atoms with Gasteiger partial charge >= 0.3 is 11.9 Å². The number of primary amides is 1. The smallest absolute Gasteiger partial charge is 0.349 e. The minimum atomic E-state index is -4.41. The lowest BCUT2D eigenvalue weighted by atomic mass is 10.1. The Morgan fingerprint density at radius 3 is 2.00 bits per heavy atom. The van der Waals surface area contributed by atoms with Crippen molar-refractivity contribution in [2.45, 2.75) is 11.0 Å². The highest BCUT2D eigenvalue weighted by atomic mass is 32.2. The van der Waals surface area contributed by atoms with Crippen molar-refractivity contribution in [3.63, 3.8) is 0 Å². The van der Waals surface area contributed by atoms with Crippen molar-refractivity contribution in [1.29, 1.82) is 0 Å². The Labute approximate surface area is 217 Å². The Hall–Kier alpha value is -4.90. The van der Waals surface area contributed by atoms with Crippen LogP contribution in [0.25, 0.3) is 10.8 Å². The molecule has 194 valence electrons. The van der Waals surface area contributed by atoms with E-state index >= 15 is 0 Å². The van der Waals surface area contributed by atoms with E-state index in [-0.39, 0.29) is 21.9 Å². The Kier molecular flexibility index (Phi) is 7.31. The largest absolute Gasteiger partial charge is 0.480 e. The van der Waals surface area contributed by atoms with Gasteiger partial charge in [-0.2, -0.15) is 0 Å². The number of aliphatic carboxylic acids is 2. The Morgan fingerprint density at radius 2 is 1.42 bits per heavy atom. The third-order valence-electron chi connectivity index (χ3n) is 5.71. The molecule has 4 aromatic carbocycles. The highest BCUT2D eigenvalue weighted by molar-refractivity contribution is 7.92. The maximum atomic E-state index is 13.6. The van der Waals surface area contributed by atoms with Gasteiger partial charge in [0.2, 0.25) is 12.0 Å². The number of hydrogen-bond donors (Lipinski definition) is 3. The molecule has 4 N–H and O–H groups in total. The number of anilines is 1. The lowest BCUT2D eigenvalue weighted by Gasteiger charge is -2.25. The van der Waals surface area contributed by atoms with E-state index in [1.165, 1.54) is 36.4 Å². The van der Waals surface area contributed by atoms with E-state index in [1.807, 2.05) is 0 Å². The lowest BCUT2D eigenvalue weighted by molar-refractivity contribution is -0.145. The van der Waals surface area contributed by atoms with Crippen molar-refractivity contribution in [2.75, 3.05) is 10.8 Å². The molecule has 0 saturated heterocycles. The topological polar surface area (TPSA) is 164 Å². The zero-order valence-electron chi connectivity index (χ0n) is 19.7. The highest BCUT2D eigenvalue weighted by Crippen LogP contribution is 2.38. The standard InChI is InChI=1S/C27H22N2O8S/c28-26(32)18-10-12-19(13-11-18)38(35,36)29(16-24(30)31)22-14-15-23(21-9-5-4-8-20(21)22)37-25(27(33)34)17-6-2-1-3-7-17/h1-15,25H,16H2,(H2,28,32)(H,30,31)(H,33,34). The van der Waals surface area contributed by atoms with Gasteiger partial charge in [0.15, 0.2) is 0 Å². The molecule has 1 amide bonds. The third-order valence-corrected chi connectivity index (χ3v) is 7.48. The molecule has 0 radical (unpaired) electrons. The molecule has 0 aliphatic rings. The summed E-state index contributed by atoms with van der Waals surface area (Å²) in [4.78, 5) is 34.9. The average molecular weight is 535 g/mol. The zero-order chi connectivity index (χ0) is 27.4. The number of carbonyl (C=O) groups is 3. The van der Waals surface area contributed by atoms with Crippen LogP contribution in [0.4, 0.5) is 5.69 Å². The summed E-state index contributed by atoms with van der Waals surface area (Å²) < 4.78 is 33.7. The van der Waals surface area contributed by atoms with Crippen LogP contribution in [0.2, 0.25) is 0 Å². The number of benzene rings is 4. The van der Waals surface area contributed by atoms with Crippen LogP contribution in [0.5, 0.6) is 5.75 Å². The fourth-order valence-corrected chi connectivity index (χ4v) is 5.37. The molecule has 0 saturated carbocycles. The van der Waals surface area contributed by atoms with Gasteiger partial charge in [-0.25, -0.2) is 13.2 Å². The van der Waals surface area contributed by atoms with Gasteiger partial charge in [0, 0.05) is 21.9 Å². The predicted octanol–water partition coefficient (Wildman–Crippen LogP) is 3.42. The Bertz CT molecular complexity index is 1620. The van der Waals surface area contributed by atoms with E-state index in [9.17, 15) is 33.0 Å². The summed E-state index contributed by atoms with van der Waals surface area (Å²) >= 11 is 0. The van der Waals surface area contributed by atoms with Crippen LogP contribution in [0, 0.1) is 0 Å². The van der Waals surface area contributed by atoms with Crippen molar-refractivity contribution in [1.82, 2.24) is 0 Å². The van der Waals surface area contributed by atoms with Crippen LogP contribution in [0.1, 0.15) is 22.0 Å². The minimum absolute atomic E-state index is 0.0425. The normalized spacial score (nSPS) is 12.0. The van der Waals surface area contributed by atoms with Crippen molar-refractivity contribution in [3.8, 4) is 5.75 Å². The van der Waals surface area contributed by atoms with Crippen LogP contribution in [-0.2, 0) is 19.6 Å². The molecular weight excluding hydrogens is 512 g/mol. The van der Waals surface area contributed by atoms with Gasteiger partial charge in [0.1, 0.15) is 12.3 Å². The van der Waals surface area contributed by atoms with Gasteiger partial charge in [-0.1, -0.05) is 54.6 Å². The number of carboxylic acid groups (broad SMARTS) is 2. The van der Waals surface area contributed by atoms with Crippen molar-refractivity contribution >= 4 is 44.3 Å². The number of fused-ring (bicyclic) bond motifs is 1. The van der Waals surface area contributed by atoms with Gasteiger partial charge in [0.25, 0.3) is 10.0 Å². The van der Waals surface area contributed by atoms with Gasteiger partial charge in [-0.15, -0.1) is 0 Å². The lowest BCUT2D eigenvalue weighted by Crippen LogP contribution is -2.36. The third kappa shape index (κ3) is 5.27. The van der Waals surface area contributed by atoms with E-state index in [2.05, 4.69) is 0 Å². The van der Waals surface area contributed by atoms with E-state index in [0.717, 1.165) is 4.31 Å². The Morgan fingerprint density at radius 1 is 0.816 bits per heavy atom. The molecule has 0 fully saturated rings. The number of carbonyl (C=O) groups excluding carboxylic acids is 1. The molecule has 0 aromatic heterocycles. The number of nitrogens with two attached hydrogens (primary N) is 1. The van der Waals surface area contributed by atoms with Crippen LogP contribution < -0.4 is 14.8 Å². The van der Waals surface area contributed by atoms with E-state index in [1.54, 1.807) is 54.6 Å². The highest BCUT2D eigenvalue weighted by Gasteiger charge is 2.30. The van der Waals surface area contributed by atoms with Crippen molar-refractivity contribution in [3.05, 3.63) is 102 Å². The number of nitrogens with zero attached hydrogens (tertiary/aromatic N) is 1. The molecule has 0 heterocycles. The summed E-state index contributed by atoms with van der Waals surface area (Å²) in [5.74, 6) is -3.20. The van der Waals surface area contributed by atoms with Gasteiger partial charge in [-0.05, 0) is 36.4 Å². The van der Waals surface area contributed by atoms with Crippen LogP contribution in [0.3, 0.4) is 0 Å². The first kappa shape index (κ1) is 26.2. The molecule has 4 aromatic rings. The molecule has 0 bridgehead atoms. The van der Waals surface area contributed by atoms with Gasteiger partial charge < -0.3 is 20.7 Å². The second kappa shape index (κ2) is 10.6. The summed E-state index contributed by atoms with van der Waals surface area (Å²) in [6.45, 7) is -0.897. The maximum Gasteiger partial charge on any atom is 0.349 e. The summed E-state index contributed by atoms with van der Waals surface area (Å²) in [7, 11) is -4.41. The summed E-state index contributed by atoms with van der Waals surface area (Å²) in [5.41, 5.74) is 5.77. The number of sulfonamides is 1. The SMILES string of the molecule is NC(=O)c1ccc(S(=O)(=O)N(CC(=O)O)c2ccc(OC(C(=O)O)c3ccccc3)c3ccccc23)cc1. The predicted molar refractivity (Wildman–Crippen MR) is 139 cm³/mol. The van der Waals surface area contributed by atoms with Crippen LogP contribution in [0.15, 0.2) is 95.9 Å². The average Bonchev–Trinajstić information content (AvgIpc) is 2.90. The molecule has 1 unspecified atom stereocenters. The number of carboxylic acids is 2. The monoisotopic (exact) mass is 534 g/mol. The first-order valence-corrected chi connectivity index (χ1v) is 12.6. The summed E-state index contributed by atoms with van der Waals surface area (Å²) in [5, 5.41) is 20.0. The van der Waals surface area contributed by atoms with Crippen molar-refractivity contribution < 1.29 is 37.8 Å². The first-order valence-electron chi connectivity index (χ1n) is 11.2. The van der Waals surface area contributed by atoms with E-state index in [4.69, 9.17) is 10.5 Å². The molecule has 0 aliphatic carbocycles. The number of rotatable bonds is 10. The fraction of sp³-hybridized carbons (Fsp3) is 0.0741. The quantitative estimate of drug-likeness (QED) is 0.278. The van der Waals surface area contributed by atoms with Crippen molar-refractivity contribution in [2.24, 2.45) is 5.73 Å². The van der Waals surface area contributed by atoms with Gasteiger partial charge in [0.05, 0.1) is 10.6 Å². The fourth-order valence-electron chi connectivity index (χ4n) is 3.93. The molecule has 0 aliphatic heterocycles. The Balaban J connectivity index is 1.83. The minimum Gasteiger partial charge on any atom is -0.480 e. The molecular formula is C27H22N2O8S. The maximum absolute atomic E-state index is 13.6. The van der Waals surface area contributed by atoms with Gasteiger partial charge in [-0.3, -0.25) is 13.9 Å². The molecule has 4 rings (SSSR count). The number of hydrogen-bond acceptors (Lipinski definition) is 6. The second-order valence-corrected chi connectivity index (χ2v) is 10.0. The van der Waals surface area contributed by atoms with Crippen LogP contribution >= 0.6 is 0 Å². The summed E-state index contributed by atoms with van der Waals surface area (Å²) in [6.07, 6.45) is -1.34. The van der Waals surface area contributed by atoms with E-state index in [0.29, 0.717) is 16.3 Å². The molecule has 10 nitrogen and oxygen atoms in total. The van der Waals surface area contributed by atoms with E-state index < -0.39 is 40.5 Å². The number of ether oxygens (including phenoxy) is 1. The zero-order valence-corrected chi connectivity index (χ0v) is 20.5. The first-order chi connectivity index (χ1) is 18.1. The molecule has 1 atom stereocenters.